The highest BCUT2D eigenvalue weighted by atomic mass is 16.6. The van der Waals surface area contributed by atoms with Crippen LogP contribution in [0.1, 0.15) is 29.8 Å². The average Bonchev–Trinajstić information content (AvgIpc) is 2.54. The zero-order valence-corrected chi connectivity index (χ0v) is 12.2. The molecule has 116 valence electrons. The van der Waals surface area contributed by atoms with Gasteiger partial charge in [-0.1, -0.05) is 30.7 Å². The minimum Gasteiger partial charge on any atom is -0.387 e. The van der Waals surface area contributed by atoms with Crippen LogP contribution < -0.4 is 11.5 Å². The molecule has 0 unspecified atom stereocenters. The Kier molecular flexibility index (Phi) is 5.57. The van der Waals surface area contributed by atoms with E-state index in [4.69, 9.17) is 16.2 Å². The second-order valence-corrected chi connectivity index (χ2v) is 4.98. The zero-order valence-electron chi connectivity index (χ0n) is 12.2. The number of fused-ring (bicyclic) bond motifs is 1. The molecule has 1 aromatic carbocycles. The first-order chi connectivity index (χ1) is 10.6. The summed E-state index contributed by atoms with van der Waals surface area (Å²) in [4.78, 5) is 28.0. The van der Waals surface area contributed by atoms with Gasteiger partial charge in [0.1, 0.15) is 6.04 Å². The van der Waals surface area contributed by atoms with E-state index < -0.39 is 18.0 Å². The van der Waals surface area contributed by atoms with Crippen LogP contribution in [0.2, 0.25) is 0 Å². The van der Waals surface area contributed by atoms with Crippen LogP contribution >= 0.6 is 0 Å². The third-order valence-corrected chi connectivity index (χ3v) is 3.33. The zero-order chi connectivity index (χ0) is 15.9. The maximum absolute atomic E-state index is 12.1. The number of nitrogens with zero attached hydrogens (tertiary/aromatic N) is 1. The summed E-state index contributed by atoms with van der Waals surface area (Å²) < 4.78 is 4.84. The highest BCUT2D eigenvalue weighted by molar-refractivity contribution is 6.06. The van der Waals surface area contributed by atoms with Crippen LogP contribution in [-0.4, -0.2) is 29.5 Å². The molecule has 2 aromatic rings. The maximum atomic E-state index is 12.1. The standard InChI is InChI=1S/C16H19N3O3/c17-9-4-3-7-13(18)15(20)22-16(21)14-12-6-2-1-5-11(12)8-10-19-14/h1-2,5-6,8,10,13H,3-4,7,9,17-18H2/t13-/m0/s1. The van der Waals surface area contributed by atoms with Crippen molar-refractivity contribution in [2.45, 2.75) is 25.3 Å². The van der Waals surface area contributed by atoms with Crippen molar-refractivity contribution >= 4 is 22.7 Å². The third-order valence-electron chi connectivity index (χ3n) is 3.33. The summed E-state index contributed by atoms with van der Waals surface area (Å²) >= 11 is 0. The predicted octanol–water partition coefficient (Wildman–Crippen LogP) is 1.37. The van der Waals surface area contributed by atoms with E-state index in [-0.39, 0.29) is 5.69 Å². The summed E-state index contributed by atoms with van der Waals surface area (Å²) in [5.74, 6) is -1.52. The normalized spacial score (nSPS) is 12.1. The number of unbranched alkanes of at least 4 members (excludes halogenated alkanes) is 1. The van der Waals surface area contributed by atoms with E-state index in [1.165, 1.54) is 6.20 Å². The molecule has 0 radical (unpaired) electrons. The van der Waals surface area contributed by atoms with Crippen molar-refractivity contribution in [1.29, 1.82) is 0 Å². The molecule has 6 nitrogen and oxygen atoms in total. The minimum atomic E-state index is -0.828. The van der Waals surface area contributed by atoms with Gasteiger partial charge in [-0.3, -0.25) is 0 Å². The first-order valence-corrected chi connectivity index (χ1v) is 7.19. The molecule has 0 spiro atoms. The van der Waals surface area contributed by atoms with E-state index in [1.54, 1.807) is 18.2 Å². The molecule has 4 N–H and O–H groups in total. The van der Waals surface area contributed by atoms with E-state index in [0.717, 1.165) is 11.8 Å². The van der Waals surface area contributed by atoms with Crippen LogP contribution in [0.15, 0.2) is 36.5 Å². The van der Waals surface area contributed by atoms with Crippen LogP contribution in [0.4, 0.5) is 0 Å². The lowest BCUT2D eigenvalue weighted by Gasteiger charge is -2.10. The summed E-state index contributed by atoms with van der Waals surface area (Å²) in [7, 11) is 0. The van der Waals surface area contributed by atoms with Crippen LogP contribution in [0.3, 0.4) is 0 Å². The molecule has 0 saturated heterocycles. The lowest BCUT2D eigenvalue weighted by Crippen LogP contribution is -2.34. The van der Waals surface area contributed by atoms with Crippen molar-refractivity contribution in [3.8, 4) is 0 Å². The van der Waals surface area contributed by atoms with Gasteiger partial charge in [0.05, 0.1) is 0 Å². The summed E-state index contributed by atoms with van der Waals surface area (Å²) in [6.07, 6.45) is 3.43. The Morgan fingerprint density at radius 3 is 2.73 bits per heavy atom. The van der Waals surface area contributed by atoms with E-state index in [9.17, 15) is 9.59 Å². The fraction of sp³-hybridized carbons (Fsp3) is 0.312. The van der Waals surface area contributed by atoms with Crippen LogP contribution in [0.25, 0.3) is 10.8 Å². The number of ether oxygens (including phenoxy) is 1. The highest BCUT2D eigenvalue weighted by Crippen LogP contribution is 2.17. The van der Waals surface area contributed by atoms with Crippen molar-refractivity contribution in [1.82, 2.24) is 4.98 Å². The molecule has 0 aliphatic heterocycles. The summed E-state index contributed by atoms with van der Waals surface area (Å²) in [6.45, 7) is 0.542. The first-order valence-electron chi connectivity index (χ1n) is 7.19. The van der Waals surface area contributed by atoms with Crippen molar-refractivity contribution in [3.05, 3.63) is 42.2 Å². The molecular formula is C16H19N3O3. The first kappa shape index (κ1) is 16.1. The monoisotopic (exact) mass is 301 g/mol. The molecular weight excluding hydrogens is 282 g/mol. The Hall–Kier alpha value is -2.31. The summed E-state index contributed by atoms with van der Waals surface area (Å²) in [5.41, 5.74) is 11.2. The molecule has 1 atom stereocenters. The Labute approximate surface area is 128 Å². The Bertz CT molecular complexity index is 667. The smallest absolute Gasteiger partial charge is 0.365 e. The molecule has 0 bridgehead atoms. The predicted molar refractivity (Wildman–Crippen MR) is 83.0 cm³/mol. The largest absolute Gasteiger partial charge is 0.387 e. The van der Waals surface area contributed by atoms with Crippen LogP contribution in [0.5, 0.6) is 0 Å². The number of pyridine rings is 1. The number of nitrogens with two attached hydrogens (primary N) is 2. The van der Waals surface area contributed by atoms with Crippen molar-refractivity contribution < 1.29 is 14.3 Å². The van der Waals surface area contributed by atoms with Gasteiger partial charge in [0.2, 0.25) is 0 Å². The Morgan fingerprint density at radius 2 is 1.95 bits per heavy atom. The number of aromatic nitrogens is 1. The second kappa shape index (κ2) is 7.63. The van der Waals surface area contributed by atoms with Gasteiger partial charge in [-0.05, 0) is 30.8 Å². The van der Waals surface area contributed by atoms with Gasteiger partial charge in [-0.2, -0.15) is 0 Å². The number of hydrogen-bond donors (Lipinski definition) is 2. The maximum Gasteiger partial charge on any atom is 0.365 e. The minimum absolute atomic E-state index is 0.112. The third kappa shape index (κ3) is 3.87. The molecule has 0 fully saturated rings. The van der Waals surface area contributed by atoms with Crippen molar-refractivity contribution in [2.24, 2.45) is 11.5 Å². The fourth-order valence-corrected chi connectivity index (χ4v) is 2.12. The molecule has 0 saturated carbocycles. The fourth-order valence-electron chi connectivity index (χ4n) is 2.12. The van der Waals surface area contributed by atoms with Crippen molar-refractivity contribution in [3.63, 3.8) is 0 Å². The number of benzene rings is 1. The van der Waals surface area contributed by atoms with E-state index >= 15 is 0 Å². The molecule has 6 heteroatoms. The molecule has 0 amide bonds. The van der Waals surface area contributed by atoms with Gasteiger partial charge >= 0.3 is 11.9 Å². The van der Waals surface area contributed by atoms with E-state index in [0.29, 0.717) is 24.8 Å². The lowest BCUT2D eigenvalue weighted by molar-refractivity contribution is -0.139. The Balaban J connectivity index is 2.06. The van der Waals surface area contributed by atoms with Gasteiger partial charge in [-0.25, -0.2) is 14.6 Å². The summed E-state index contributed by atoms with van der Waals surface area (Å²) in [5, 5.41) is 1.49. The average molecular weight is 301 g/mol. The quantitative estimate of drug-likeness (QED) is 0.474. The topological polar surface area (TPSA) is 108 Å². The van der Waals surface area contributed by atoms with Crippen LogP contribution in [-0.2, 0) is 9.53 Å². The van der Waals surface area contributed by atoms with Gasteiger partial charge in [0.25, 0.3) is 0 Å². The molecule has 0 aliphatic rings. The lowest BCUT2D eigenvalue weighted by atomic mass is 10.1. The van der Waals surface area contributed by atoms with Crippen molar-refractivity contribution in [2.75, 3.05) is 6.54 Å². The SMILES string of the molecule is NCCCC[C@H](N)C(=O)OC(=O)c1nccc2ccccc12. The molecule has 2 rings (SSSR count). The van der Waals surface area contributed by atoms with Gasteiger partial charge in [0, 0.05) is 11.6 Å². The number of rotatable bonds is 6. The molecule has 1 heterocycles. The van der Waals surface area contributed by atoms with Gasteiger partial charge in [0.15, 0.2) is 5.69 Å². The number of esters is 2. The van der Waals surface area contributed by atoms with E-state index in [2.05, 4.69) is 4.98 Å². The van der Waals surface area contributed by atoms with Gasteiger partial charge < -0.3 is 16.2 Å². The van der Waals surface area contributed by atoms with Crippen LogP contribution in [0, 0.1) is 0 Å². The molecule has 1 aromatic heterocycles. The molecule has 22 heavy (non-hydrogen) atoms. The number of hydrogen-bond acceptors (Lipinski definition) is 6. The number of carbonyl (C=O) groups excluding carboxylic acids is 2. The number of carbonyl (C=O) groups is 2. The second-order valence-electron chi connectivity index (χ2n) is 4.98. The van der Waals surface area contributed by atoms with Gasteiger partial charge in [-0.15, -0.1) is 0 Å². The van der Waals surface area contributed by atoms with E-state index in [1.807, 2.05) is 12.1 Å². The Morgan fingerprint density at radius 1 is 1.18 bits per heavy atom. The highest BCUT2D eigenvalue weighted by Gasteiger charge is 2.21. The summed E-state index contributed by atoms with van der Waals surface area (Å²) in [6, 6.07) is 8.22. The molecule has 0 aliphatic carbocycles.